The van der Waals surface area contributed by atoms with Crippen molar-refractivity contribution in [2.45, 2.75) is 6.61 Å². The zero-order valence-electron chi connectivity index (χ0n) is 17.1. The highest BCUT2D eigenvalue weighted by Gasteiger charge is 2.08. The number of halogens is 1. The Bertz CT molecular complexity index is 1370. The number of hydrogen-bond donors (Lipinski definition) is 1. The molecule has 5 heteroatoms. The summed E-state index contributed by atoms with van der Waals surface area (Å²) in [6, 6.07) is 27.5. The zero-order valence-corrected chi connectivity index (χ0v) is 17.8. The second-order valence-corrected chi connectivity index (χ2v) is 7.81. The number of phenolic OH excluding ortho intramolecular Hbond substituents is 1. The maximum absolute atomic E-state index is 9.79. The van der Waals surface area contributed by atoms with E-state index < -0.39 is 0 Å². The van der Waals surface area contributed by atoms with Gasteiger partial charge in [-0.25, -0.2) is 9.97 Å². The van der Waals surface area contributed by atoms with Gasteiger partial charge in [-0.15, -0.1) is 0 Å². The first-order valence-corrected chi connectivity index (χ1v) is 10.6. The molecule has 0 spiro atoms. The van der Waals surface area contributed by atoms with E-state index in [1.165, 1.54) is 0 Å². The van der Waals surface area contributed by atoms with Crippen LogP contribution in [0, 0.1) is 0 Å². The zero-order chi connectivity index (χ0) is 21.9. The summed E-state index contributed by atoms with van der Waals surface area (Å²) in [6.07, 6.45) is 3.39. The molecule has 0 fully saturated rings. The van der Waals surface area contributed by atoms with Crippen molar-refractivity contribution in [2.24, 2.45) is 0 Å². The first kappa shape index (κ1) is 20.0. The number of phenols is 1. The highest BCUT2D eigenvalue weighted by Crippen LogP contribution is 2.34. The standard InChI is InChI=1S/C27H19ClN2O2/c28-26-24-12-10-21(14-22(24)11-13-25(26)31)19-6-8-20(9-7-19)27-29-15-23(16-30-27)32-17-18-4-2-1-3-5-18/h1-16,31H,17H2. The van der Waals surface area contributed by atoms with Crippen LogP contribution in [0.5, 0.6) is 11.5 Å². The average Bonchev–Trinajstić information content (AvgIpc) is 2.86. The molecular formula is C27H19ClN2O2. The number of nitrogens with zero attached hydrogens (tertiary/aromatic N) is 2. The summed E-state index contributed by atoms with van der Waals surface area (Å²) < 4.78 is 5.76. The van der Waals surface area contributed by atoms with E-state index in [0.717, 1.165) is 33.0 Å². The fraction of sp³-hybridized carbons (Fsp3) is 0.0370. The van der Waals surface area contributed by atoms with Crippen LogP contribution >= 0.6 is 11.6 Å². The molecule has 0 amide bonds. The summed E-state index contributed by atoms with van der Waals surface area (Å²) in [5.41, 5.74) is 4.16. The fourth-order valence-electron chi connectivity index (χ4n) is 3.55. The molecule has 0 saturated heterocycles. The molecular weight excluding hydrogens is 420 g/mol. The van der Waals surface area contributed by atoms with Crippen LogP contribution in [0.15, 0.2) is 97.3 Å². The molecule has 0 aliphatic carbocycles. The quantitative estimate of drug-likeness (QED) is 0.324. The first-order chi connectivity index (χ1) is 15.7. The van der Waals surface area contributed by atoms with Gasteiger partial charge in [-0.3, -0.25) is 0 Å². The normalized spacial score (nSPS) is 10.9. The van der Waals surface area contributed by atoms with Crippen LogP contribution in [0.25, 0.3) is 33.3 Å². The second-order valence-electron chi connectivity index (χ2n) is 7.43. The largest absolute Gasteiger partial charge is 0.506 e. The van der Waals surface area contributed by atoms with Gasteiger partial charge < -0.3 is 9.84 Å². The van der Waals surface area contributed by atoms with Gasteiger partial charge in [0.1, 0.15) is 12.4 Å². The van der Waals surface area contributed by atoms with Gasteiger partial charge in [-0.2, -0.15) is 0 Å². The Labute approximate surface area is 190 Å². The number of aromatic hydroxyl groups is 1. The molecule has 0 radical (unpaired) electrons. The maximum Gasteiger partial charge on any atom is 0.159 e. The van der Waals surface area contributed by atoms with Gasteiger partial charge in [-0.05, 0) is 34.2 Å². The Balaban J connectivity index is 1.32. The lowest BCUT2D eigenvalue weighted by Crippen LogP contribution is -1.97. The van der Waals surface area contributed by atoms with Crippen molar-refractivity contribution < 1.29 is 9.84 Å². The van der Waals surface area contributed by atoms with Crippen LogP contribution in [0.3, 0.4) is 0 Å². The van der Waals surface area contributed by atoms with Gasteiger partial charge in [0.2, 0.25) is 0 Å². The minimum atomic E-state index is 0.0905. The minimum absolute atomic E-state index is 0.0905. The van der Waals surface area contributed by atoms with Crippen LogP contribution in [0.1, 0.15) is 5.56 Å². The second kappa shape index (κ2) is 8.69. The van der Waals surface area contributed by atoms with Gasteiger partial charge in [-0.1, -0.05) is 84.4 Å². The van der Waals surface area contributed by atoms with E-state index in [2.05, 4.69) is 16.0 Å². The van der Waals surface area contributed by atoms with Gasteiger partial charge in [0, 0.05) is 10.9 Å². The number of rotatable bonds is 5. The molecule has 5 rings (SSSR count). The van der Waals surface area contributed by atoms with Crippen LogP contribution in [0.4, 0.5) is 0 Å². The molecule has 4 nitrogen and oxygen atoms in total. The third-order valence-corrected chi connectivity index (χ3v) is 5.68. The molecule has 32 heavy (non-hydrogen) atoms. The monoisotopic (exact) mass is 438 g/mol. The summed E-state index contributed by atoms with van der Waals surface area (Å²) in [6.45, 7) is 0.481. The smallest absolute Gasteiger partial charge is 0.159 e. The SMILES string of the molecule is Oc1ccc2cc(-c3ccc(-c4ncc(OCc5ccccc5)cn4)cc3)ccc2c1Cl. The van der Waals surface area contributed by atoms with Crippen molar-refractivity contribution in [1.82, 2.24) is 9.97 Å². The van der Waals surface area contributed by atoms with E-state index in [-0.39, 0.29) is 5.75 Å². The van der Waals surface area contributed by atoms with Crippen molar-refractivity contribution >= 4 is 22.4 Å². The van der Waals surface area contributed by atoms with E-state index in [0.29, 0.717) is 23.2 Å². The molecule has 0 atom stereocenters. The van der Waals surface area contributed by atoms with Gasteiger partial charge in [0.25, 0.3) is 0 Å². The molecule has 0 aliphatic rings. The number of aromatic nitrogens is 2. The summed E-state index contributed by atoms with van der Waals surface area (Å²) in [7, 11) is 0. The molecule has 156 valence electrons. The molecule has 0 saturated carbocycles. The predicted octanol–water partition coefficient (Wildman–Crippen LogP) is 6.90. The Morgan fingerprint density at radius 3 is 2.19 bits per heavy atom. The minimum Gasteiger partial charge on any atom is -0.506 e. The van der Waals surface area contributed by atoms with E-state index in [9.17, 15) is 5.11 Å². The number of ether oxygens (including phenoxy) is 1. The lowest BCUT2D eigenvalue weighted by Gasteiger charge is -2.08. The summed E-state index contributed by atoms with van der Waals surface area (Å²) in [5, 5.41) is 12.0. The Morgan fingerprint density at radius 1 is 0.750 bits per heavy atom. The fourth-order valence-corrected chi connectivity index (χ4v) is 3.79. The third-order valence-electron chi connectivity index (χ3n) is 5.29. The van der Waals surface area contributed by atoms with Crippen molar-refractivity contribution in [1.29, 1.82) is 0 Å². The van der Waals surface area contributed by atoms with Crippen LogP contribution < -0.4 is 4.74 Å². The lowest BCUT2D eigenvalue weighted by atomic mass is 10.00. The van der Waals surface area contributed by atoms with Crippen LogP contribution in [-0.2, 0) is 6.61 Å². The Hall–Kier alpha value is -3.89. The van der Waals surface area contributed by atoms with Gasteiger partial charge >= 0.3 is 0 Å². The number of fused-ring (bicyclic) bond motifs is 1. The van der Waals surface area contributed by atoms with E-state index in [4.69, 9.17) is 16.3 Å². The van der Waals surface area contributed by atoms with E-state index in [1.807, 2.05) is 72.8 Å². The van der Waals surface area contributed by atoms with E-state index in [1.54, 1.807) is 18.5 Å². The first-order valence-electron chi connectivity index (χ1n) is 10.2. The summed E-state index contributed by atoms with van der Waals surface area (Å²) >= 11 is 6.20. The molecule has 5 aromatic rings. The topological polar surface area (TPSA) is 55.2 Å². The van der Waals surface area contributed by atoms with E-state index >= 15 is 0 Å². The molecule has 0 bridgehead atoms. The Kier molecular flexibility index (Phi) is 5.44. The molecule has 4 aromatic carbocycles. The molecule has 0 aliphatic heterocycles. The molecule has 1 N–H and O–H groups in total. The predicted molar refractivity (Wildman–Crippen MR) is 128 cm³/mol. The van der Waals surface area contributed by atoms with Crippen molar-refractivity contribution in [3.05, 3.63) is 108 Å². The van der Waals surface area contributed by atoms with Gasteiger partial charge in [0.15, 0.2) is 11.6 Å². The number of benzene rings is 4. The van der Waals surface area contributed by atoms with Crippen molar-refractivity contribution in [3.8, 4) is 34.0 Å². The van der Waals surface area contributed by atoms with Gasteiger partial charge in [0.05, 0.1) is 17.4 Å². The Morgan fingerprint density at radius 2 is 1.44 bits per heavy atom. The molecule has 0 unspecified atom stereocenters. The van der Waals surface area contributed by atoms with Crippen LogP contribution in [-0.4, -0.2) is 15.1 Å². The third kappa shape index (κ3) is 4.13. The summed E-state index contributed by atoms with van der Waals surface area (Å²) in [5.74, 6) is 1.37. The summed E-state index contributed by atoms with van der Waals surface area (Å²) in [4.78, 5) is 8.90. The van der Waals surface area contributed by atoms with Crippen molar-refractivity contribution in [3.63, 3.8) is 0 Å². The maximum atomic E-state index is 9.79. The van der Waals surface area contributed by atoms with Crippen LogP contribution in [0.2, 0.25) is 5.02 Å². The molecule has 1 aromatic heterocycles. The highest BCUT2D eigenvalue weighted by atomic mass is 35.5. The average molecular weight is 439 g/mol. The lowest BCUT2D eigenvalue weighted by molar-refractivity contribution is 0.303. The highest BCUT2D eigenvalue weighted by molar-refractivity contribution is 6.37. The number of hydrogen-bond acceptors (Lipinski definition) is 4. The molecule has 1 heterocycles. The van der Waals surface area contributed by atoms with Crippen molar-refractivity contribution in [2.75, 3.05) is 0 Å².